The number of fused-ring (bicyclic) bond motifs is 1. The minimum absolute atomic E-state index is 0.0657. The van der Waals surface area contributed by atoms with Crippen LogP contribution in [0, 0.1) is 5.82 Å². The Morgan fingerprint density at radius 1 is 1.05 bits per heavy atom. The van der Waals surface area contributed by atoms with E-state index < -0.39 is 52.9 Å². The van der Waals surface area contributed by atoms with Crippen molar-refractivity contribution in [3.05, 3.63) is 59.2 Å². The van der Waals surface area contributed by atoms with E-state index in [-0.39, 0.29) is 19.0 Å². The van der Waals surface area contributed by atoms with Gasteiger partial charge in [0.25, 0.3) is 0 Å². The highest BCUT2D eigenvalue weighted by atomic mass is 19.4. The second kappa shape index (κ2) is 8.75. The van der Waals surface area contributed by atoms with Crippen LogP contribution in [0.4, 0.5) is 41.3 Å². The summed E-state index contributed by atoms with van der Waals surface area (Å²) in [6, 6.07) is 5.96. The van der Waals surface area contributed by atoms with Crippen molar-refractivity contribution in [1.29, 1.82) is 0 Å². The van der Waals surface area contributed by atoms with Gasteiger partial charge in [0.2, 0.25) is 0 Å². The van der Waals surface area contributed by atoms with Gasteiger partial charge in [0, 0.05) is 38.2 Å². The Kier molecular flexibility index (Phi) is 5.92. The molecule has 1 unspecified atom stereocenters. The summed E-state index contributed by atoms with van der Waals surface area (Å²) in [6.07, 6.45) is -9.81. The molecule has 198 valence electrons. The van der Waals surface area contributed by atoms with Crippen LogP contribution in [0.3, 0.4) is 0 Å². The number of amides is 1. The van der Waals surface area contributed by atoms with Crippen molar-refractivity contribution in [3.8, 4) is 0 Å². The number of rotatable bonds is 5. The SMILES string of the molecule is O=C1NC2(CCO1)CN(C(CNc1cc(C(F)(F)F)nc3cc(C(F)(F)F)nn13)c1ccc(F)cc1)C2. The average molecular weight is 532 g/mol. The molecule has 1 aromatic carbocycles. The summed E-state index contributed by atoms with van der Waals surface area (Å²) < 4.78 is 99.0. The summed E-state index contributed by atoms with van der Waals surface area (Å²) in [5.74, 6) is -0.844. The zero-order chi connectivity index (χ0) is 26.6. The molecule has 4 heterocycles. The predicted molar refractivity (Wildman–Crippen MR) is 114 cm³/mol. The van der Waals surface area contributed by atoms with E-state index in [1.54, 1.807) is 0 Å². The number of hydrogen-bond donors (Lipinski definition) is 2. The molecule has 2 saturated heterocycles. The molecule has 1 spiro atoms. The summed E-state index contributed by atoms with van der Waals surface area (Å²) >= 11 is 0. The monoisotopic (exact) mass is 532 g/mol. The van der Waals surface area contributed by atoms with E-state index in [1.807, 2.05) is 4.90 Å². The highest BCUT2D eigenvalue weighted by molar-refractivity contribution is 5.69. The first-order valence-corrected chi connectivity index (χ1v) is 11.1. The van der Waals surface area contributed by atoms with Crippen molar-refractivity contribution in [3.63, 3.8) is 0 Å². The van der Waals surface area contributed by atoms with Gasteiger partial charge in [0.05, 0.1) is 18.2 Å². The molecule has 1 atom stereocenters. The van der Waals surface area contributed by atoms with E-state index in [2.05, 4.69) is 20.7 Å². The molecule has 8 nitrogen and oxygen atoms in total. The molecule has 0 aliphatic carbocycles. The third-order valence-electron chi connectivity index (χ3n) is 6.37. The lowest BCUT2D eigenvalue weighted by Crippen LogP contribution is -2.72. The fourth-order valence-electron chi connectivity index (χ4n) is 4.57. The lowest BCUT2D eigenvalue weighted by molar-refractivity contribution is -0.142. The largest absolute Gasteiger partial charge is 0.449 e. The molecule has 2 aliphatic rings. The van der Waals surface area contributed by atoms with Gasteiger partial charge < -0.3 is 15.4 Å². The number of aromatic nitrogens is 3. The highest BCUT2D eigenvalue weighted by Crippen LogP contribution is 2.36. The topological polar surface area (TPSA) is 83.8 Å². The molecular formula is C22H19F7N6O2. The molecule has 2 N–H and O–H groups in total. The van der Waals surface area contributed by atoms with Crippen LogP contribution in [0.1, 0.15) is 29.4 Å². The maximum atomic E-state index is 13.5. The van der Waals surface area contributed by atoms with E-state index in [1.165, 1.54) is 24.3 Å². The molecule has 2 fully saturated rings. The minimum Gasteiger partial charge on any atom is -0.449 e. The summed E-state index contributed by atoms with van der Waals surface area (Å²) in [4.78, 5) is 16.9. The molecule has 2 aromatic heterocycles. The van der Waals surface area contributed by atoms with Gasteiger partial charge in [0.15, 0.2) is 17.0 Å². The summed E-state index contributed by atoms with van der Waals surface area (Å²) in [5.41, 5.74) is -3.33. The number of halogens is 7. The van der Waals surface area contributed by atoms with Gasteiger partial charge in [-0.3, -0.25) is 4.90 Å². The molecule has 1 amide bonds. The summed E-state index contributed by atoms with van der Waals surface area (Å²) in [6.45, 7) is 0.926. The van der Waals surface area contributed by atoms with E-state index in [9.17, 15) is 35.5 Å². The van der Waals surface area contributed by atoms with Gasteiger partial charge in [-0.25, -0.2) is 14.2 Å². The third kappa shape index (κ3) is 4.99. The number of nitrogens with zero attached hydrogens (tertiary/aromatic N) is 4. The van der Waals surface area contributed by atoms with Crippen LogP contribution in [0.25, 0.3) is 5.65 Å². The van der Waals surface area contributed by atoms with Crippen molar-refractivity contribution in [2.24, 2.45) is 0 Å². The average Bonchev–Trinajstić information content (AvgIpc) is 3.24. The molecule has 2 aliphatic heterocycles. The molecule has 37 heavy (non-hydrogen) atoms. The zero-order valence-corrected chi connectivity index (χ0v) is 18.8. The van der Waals surface area contributed by atoms with Gasteiger partial charge in [-0.2, -0.15) is 36.0 Å². The lowest BCUT2D eigenvalue weighted by Gasteiger charge is -2.54. The molecule has 0 radical (unpaired) electrons. The fourth-order valence-corrected chi connectivity index (χ4v) is 4.57. The first-order chi connectivity index (χ1) is 17.3. The van der Waals surface area contributed by atoms with Gasteiger partial charge in [-0.15, -0.1) is 0 Å². The van der Waals surface area contributed by atoms with Gasteiger partial charge >= 0.3 is 18.4 Å². The second-order valence-electron chi connectivity index (χ2n) is 8.97. The van der Waals surface area contributed by atoms with Crippen molar-refractivity contribution >= 4 is 17.6 Å². The number of carbonyl (C=O) groups excluding carboxylic acids is 1. The zero-order valence-electron chi connectivity index (χ0n) is 18.8. The predicted octanol–water partition coefficient (Wildman–Crippen LogP) is 4.24. The minimum atomic E-state index is -4.91. The Balaban J connectivity index is 1.45. The van der Waals surface area contributed by atoms with Crippen molar-refractivity contribution < 1.29 is 40.3 Å². The number of alkyl carbamates (subject to hydrolysis) is 1. The van der Waals surface area contributed by atoms with Crippen molar-refractivity contribution in [2.75, 3.05) is 31.6 Å². The van der Waals surface area contributed by atoms with E-state index >= 15 is 0 Å². The number of hydrogen-bond acceptors (Lipinski definition) is 6. The Morgan fingerprint density at radius 3 is 2.35 bits per heavy atom. The summed E-state index contributed by atoms with van der Waals surface area (Å²) in [7, 11) is 0. The van der Waals surface area contributed by atoms with Gasteiger partial charge in [-0.05, 0) is 17.7 Å². The molecule has 3 aromatic rings. The van der Waals surface area contributed by atoms with Crippen LogP contribution < -0.4 is 10.6 Å². The Morgan fingerprint density at radius 2 is 1.73 bits per heavy atom. The van der Waals surface area contributed by atoms with Crippen LogP contribution in [0.15, 0.2) is 36.4 Å². The standard InChI is InChI=1S/C22H19F7N6O2/c23-13-3-1-12(2-4-13)14(34-10-20(11-34)5-6-37-19(36)32-20)9-30-17-7-15(21(24,25)26)31-18-8-16(22(27,28)29)33-35(17)18/h1-4,7-8,14,30H,5-6,9-11H2,(H,32,36). The maximum Gasteiger partial charge on any atom is 0.435 e. The second-order valence-corrected chi connectivity index (χ2v) is 8.97. The van der Waals surface area contributed by atoms with Crippen LogP contribution >= 0.6 is 0 Å². The van der Waals surface area contributed by atoms with Crippen LogP contribution in [0.2, 0.25) is 0 Å². The van der Waals surface area contributed by atoms with Gasteiger partial charge in [-0.1, -0.05) is 12.1 Å². The fraction of sp³-hybridized carbons (Fsp3) is 0.409. The van der Waals surface area contributed by atoms with Gasteiger partial charge in [0.1, 0.15) is 11.6 Å². The number of carbonyl (C=O) groups is 1. The molecule has 0 saturated carbocycles. The normalized spacial score (nSPS) is 18.8. The van der Waals surface area contributed by atoms with Crippen LogP contribution in [-0.2, 0) is 17.1 Å². The number of anilines is 1. The molecule has 5 rings (SSSR count). The van der Waals surface area contributed by atoms with Crippen molar-refractivity contribution in [1.82, 2.24) is 24.8 Å². The smallest absolute Gasteiger partial charge is 0.435 e. The van der Waals surface area contributed by atoms with Crippen LogP contribution in [-0.4, -0.2) is 57.4 Å². The molecular weight excluding hydrogens is 513 g/mol. The Hall–Kier alpha value is -3.62. The first-order valence-electron chi connectivity index (χ1n) is 11.1. The number of alkyl halides is 6. The summed E-state index contributed by atoms with van der Waals surface area (Å²) in [5, 5.41) is 8.95. The van der Waals surface area contributed by atoms with E-state index in [0.717, 1.165) is 0 Å². The number of benzene rings is 1. The number of likely N-dealkylation sites (tertiary alicyclic amines) is 1. The number of nitrogens with one attached hydrogen (secondary N) is 2. The first kappa shape index (κ1) is 25.0. The molecule has 15 heteroatoms. The lowest BCUT2D eigenvalue weighted by atomic mass is 9.83. The molecule has 0 bridgehead atoms. The van der Waals surface area contributed by atoms with E-state index in [0.29, 0.717) is 41.7 Å². The highest BCUT2D eigenvalue weighted by Gasteiger charge is 2.49. The quantitative estimate of drug-likeness (QED) is 0.479. The Labute approximate surface area is 204 Å². The maximum absolute atomic E-state index is 13.5. The third-order valence-corrected chi connectivity index (χ3v) is 6.37. The Bertz CT molecular complexity index is 1320. The number of ether oxygens (including phenoxy) is 1. The van der Waals surface area contributed by atoms with E-state index in [4.69, 9.17) is 4.74 Å². The number of cyclic esters (lactones) is 1. The van der Waals surface area contributed by atoms with Crippen molar-refractivity contribution in [2.45, 2.75) is 30.4 Å². The van der Waals surface area contributed by atoms with Crippen LogP contribution in [0.5, 0.6) is 0 Å².